The van der Waals surface area contributed by atoms with Gasteiger partial charge in [-0.15, -0.1) is 0 Å². The Hall–Kier alpha value is -1.83. The molecule has 0 aromatic heterocycles. The predicted molar refractivity (Wildman–Crippen MR) is 97.5 cm³/mol. The molecule has 1 rings (SSSR count). The third-order valence-electron chi connectivity index (χ3n) is 2.75. The molecule has 0 unspecified atom stereocenters. The van der Waals surface area contributed by atoms with Crippen LogP contribution in [-0.4, -0.2) is 35.8 Å². The number of aliphatic hydroxyl groups is 1. The van der Waals surface area contributed by atoms with Gasteiger partial charge in [0.05, 0.1) is 6.54 Å². The van der Waals surface area contributed by atoms with Crippen LogP contribution < -0.4 is 5.32 Å². The van der Waals surface area contributed by atoms with E-state index in [0.717, 1.165) is 35.4 Å². The molecule has 0 saturated carbocycles. The molecular weight excluding hydrogens is 292 g/mol. The number of aliphatic hydroxyl groups excluding tert-OH is 1. The number of benzene rings is 1. The maximum absolute atomic E-state index is 9.10. The normalized spacial score (nSPS) is 9.95. The highest BCUT2D eigenvalue weighted by atomic mass is 32.2. The molecule has 22 heavy (non-hydrogen) atoms. The second kappa shape index (κ2) is 9.99. The summed E-state index contributed by atoms with van der Waals surface area (Å²) in [5.41, 5.74) is 2.70. The van der Waals surface area contributed by atoms with Gasteiger partial charge in [0.2, 0.25) is 0 Å². The maximum atomic E-state index is 9.10. The van der Waals surface area contributed by atoms with E-state index >= 15 is 0 Å². The molecule has 1 aromatic rings. The third kappa shape index (κ3) is 7.82. The minimum absolute atomic E-state index is 0.0905. The largest absolute Gasteiger partial charge is 0.511 e. The van der Waals surface area contributed by atoms with Crippen molar-refractivity contribution in [3.05, 3.63) is 54.3 Å². The quantitative estimate of drug-likeness (QED) is 0.332. The average Bonchev–Trinajstić information content (AvgIpc) is 2.48. The fraction of sp³-hybridized carbons (Fsp3) is 0.333. The van der Waals surface area contributed by atoms with Crippen molar-refractivity contribution in [2.75, 3.05) is 26.4 Å². The SMILES string of the molecule is C=C(O)CNC(=C)c1cccc(C#CCCCSN(C)C)c1. The minimum Gasteiger partial charge on any atom is -0.511 e. The lowest BCUT2D eigenvalue weighted by Gasteiger charge is -2.09. The number of hydrogen-bond acceptors (Lipinski definition) is 4. The van der Waals surface area contributed by atoms with Crippen LogP contribution in [0.2, 0.25) is 0 Å². The Morgan fingerprint density at radius 2 is 2.14 bits per heavy atom. The molecule has 0 fully saturated rings. The van der Waals surface area contributed by atoms with Crippen molar-refractivity contribution in [1.82, 2.24) is 9.62 Å². The van der Waals surface area contributed by atoms with Crippen LogP contribution in [0.3, 0.4) is 0 Å². The van der Waals surface area contributed by atoms with Crippen LogP contribution in [0.5, 0.6) is 0 Å². The lowest BCUT2D eigenvalue weighted by Crippen LogP contribution is -2.14. The van der Waals surface area contributed by atoms with Crippen molar-refractivity contribution < 1.29 is 5.11 Å². The molecule has 1 aromatic carbocycles. The van der Waals surface area contributed by atoms with Crippen LogP contribution in [0.4, 0.5) is 0 Å². The number of rotatable bonds is 8. The molecule has 0 aliphatic heterocycles. The topological polar surface area (TPSA) is 35.5 Å². The lowest BCUT2D eigenvalue weighted by atomic mass is 10.1. The lowest BCUT2D eigenvalue weighted by molar-refractivity contribution is 0.400. The molecule has 0 radical (unpaired) electrons. The summed E-state index contributed by atoms with van der Waals surface area (Å²) >= 11 is 1.81. The monoisotopic (exact) mass is 316 g/mol. The molecule has 0 bridgehead atoms. The molecule has 118 valence electrons. The van der Waals surface area contributed by atoms with E-state index in [9.17, 15) is 0 Å². The Kier molecular flexibility index (Phi) is 8.27. The zero-order valence-corrected chi connectivity index (χ0v) is 14.2. The van der Waals surface area contributed by atoms with E-state index in [4.69, 9.17) is 5.11 Å². The highest BCUT2D eigenvalue weighted by Gasteiger charge is 1.99. The highest BCUT2D eigenvalue weighted by Crippen LogP contribution is 2.12. The molecular formula is C18H24N2OS. The number of unbranched alkanes of at least 4 members (excludes halogenated alkanes) is 1. The summed E-state index contributed by atoms with van der Waals surface area (Å²) in [6.45, 7) is 7.70. The molecule has 0 saturated heterocycles. The minimum atomic E-state index is 0.0905. The van der Waals surface area contributed by atoms with Gasteiger partial charge in [-0.3, -0.25) is 4.31 Å². The first-order valence-electron chi connectivity index (χ1n) is 7.18. The van der Waals surface area contributed by atoms with Crippen molar-refractivity contribution in [2.45, 2.75) is 12.8 Å². The Labute approximate surface area is 138 Å². The number of hydrogen-bond donors (Lipinski definition) is 2. The van der Waals surface area contributed by atoms with E-state index in [0.29, 0.717) is 6.54 Å². The molecule has 0 spiro atoms. The van der Waals surface area contributed by atoms with E-state index in [-0.39, 0.29) is 5.76 Å². The zero-order chi connectivity index (χ0) is 16.4. The fourth-order valence-electron chi connectivity index (χ4n) is 1.67. The van der Waals surface area contributed by atoms with Crippen molar-refractivity contribution >= 4 is 17.6 Å². The van der Waals surface area contributed by atoms with E-state index in [1.807, 2.05) is 36.2 Å². The van der Waals surface area contributed by atoms with E-state index in [1.165, 1.54) is 0 Å². The molecule has 4 heteroatoms. The van der Waals surface area contributed by atoms with Crippen LogP contribution in [0.1, 0.15) is 24.0 Å². The van der Waals surface area contributed by atoms with Gasteiger partial charge in [-0.1, -0.05) is 49.1 Å². The van der Waals surface area contributed by atoms with Gasteiger partial charge in [-0.2, -0.15) is 0 Å². The van der Waals surface area contributed by atoms with Crippen LogP contribution in [-0.2, 0) is 0 Å². The van der Waals surface area contributed by atoms with Gasteiger partial charge >= 0.3 is 0 Å². The fourth-order valence-corrected chi connectivity index (χ4v) is 2.31. The Balaban J connectivity index is 2.50. The molecule has 0 heterocycles. The van der Waals surface area contributed by atoms with Gasteiger partial charge in [0.1, 0.15) is 5.76 Å². The summed E-state index contributed by atoms with van der Waals surface area (Å²) in [4.78, 5) is 0. The van der Waals surface area contributed by atoms with Gasteiger partial charge in [-0.25, -0.2) is 0 Å². The summed E-state index contributed by atoms with van der Waals surface area (Å²) < 4.78 is 2.11. The summed E-state index contributed by atoms with van der Waals surface area (Å²) in [6.07, 6.45) is 1.98. The smallest absolute Gasteiger partial charge is 0.104 e. The van der Waals surface area contributed by atoms with Gasteiger partial charge < -0.3 is 10.4 Å². The van der Waals surface area contributed by atoms with Gasteiger partial charge in [0.15, 0.2) is 0 Å². The summed E-state index contributed by atoms with van der Waals surface area (Å²) in [6, 6.07) is 7.91. The van der Waals surface area contributed by atoms with Crippen LogP contribution in [0.25, 0.3) is 5.70 Å². The Morgan fingerprint density at radius 1 is 1.36 bits per heavy atom. The first kappa shape index (κ1) is 18.2. The van der Waals surface area contributed by atoms with E-state index in [1.54, 1.807) is 0 Å². The van der Waals surface area contributed by atoms with Crippen LogP contribution in [0.15, 0.2) is 43.2 Å². The summed E-state index contributed by atoms with van der Waals surface area (Å²) in [7, 11) is 4.10. The summed E-state index contributed by atoms with van der Waals surface area (Å²) in [5, 5.41) is 12.1. The van der Waals surface area contributed by atoms with Crippen molar-refractivity contribution in [2.24, 2.45) is 0 Å². The van der Waals surface area contributed by atoms with Crippen molar-refractivity contribution in [3.63, 3.8) is 0 Å². The zero-order valence-electron chi connectivity index (χ0n) is 13.4. The van der Waals surface area contributed by atoms with Crippen molar-refractivity contribution in [3.8, 4) is 11.8 Å². The number of nitrogens with zero attached hydrogens (tertiary/aromatic N) is 1. The second-order valence-electron chi connectivity index (χ2n) is 5.03. The van der Waals surface area contributed by atoms with Gasteiger partial charge in [0.25, 0.3) is 0 Å². The Morgan fingerprint density at radius 3 is 2.82 bits per heavy atom. The van der Waals surface area contributed by atoms with Gasteiger partial charge in [-0.05, 0) is 38.2 Å². The summed E-state index contributed by atoms with van der Waals surface area (Å²) in [5.74, 6) is 7.57. The molecule has 3 nitrogen and oxygen atoms in total. The van der Waals surface area contributed by atoms with E-state index < -0.39 is 0 Å². The second-order valence-corrected chi connectivity index (χ2v) is 6.43. The Bertz CT molecular complexity index is 570. The number of nitrogens with one attached hydrogen (secondary N) is 1. The highest BCUT2D eigenvalue weighted by molar-refractivity contribution is 7.96. The van der Waals surface area contributed by atoms with Crippen LogP contribution >= 0.6 is 11.9 Å². The van der Waals surface area contributed by atoms with Crippen LogP contribution in [0, 0.1) is 11.8 Å². The first-order chi connectivity index (χ1) is 10.5. The molecule has 0 atom stereocenters. The first-order valence-corrected chi connectivity index (χ1v) is 8.12. The molecule has 2 N–H and O–H groups in total. The molecule has 0 aliphatic carbocycles. The average molecular weight is 316 g/mol. The van der Waals surface area contributed by atoms with E-state index in [2.05, 4.69) is 48.7 Å². The van der Waals surface area contributed by atoms with Crippen molar-refractivity contribution in [1.29, 1.82) is 0 Å². The molecule has 0 aliphatic rings. The predicted octanol–water partition coefficient (Wildman–Crippen LogP) is 3.66. The molecule has 0 amide bonds. The third-order valence-corrected chi connectivity index (χ3v) is 3.73. The van der Waals surface area contributed by atoms with Gasteiger partial charge in [0, 0.05) is 23.4 Å². The maximum Gasteiger partial charge on any atom is 0.104 e. The standard InChI is InChI=1S/C18H24N2OS/c1-15(21)14-19-16(2)18-11-8-10-17(13-18)9-6-5-7-12-22-20(3)4/h8,10-11,13,19,21H,1-2,5,7,12,14H2,3-4H3.